The lowest BCUT2D eigenvalue weighted by Gasteiger charge is -2.36. The second-order valence-electron chi connectivity index (χ2n) is 7.07. The zero-order valence-electron chi connectivity index (χ0n) is 17.7. The molecule has 0 spiro atoms. The van der Waals surface area contributed by atoms with Crippen molar-refractivity contribution in [2.75, 3.05) is 26.2 Å². The molecular formula is C24H28NO3. The van der Waals surface area contributed by atoms with Crippen LogP contribution in [0.25, 0.3) is 5.57 Å². The number of nitrogens with zero attached hydrogens (tertiary/aromatic N) is 1. The van der Waals surface area contributed by atoms with E-state index in [2.05, 4.69) is 50.1 Å². The highest BCUT2D eigenvalue weighted by molar-refractivity contribution is 5.80. The zero-order valence-corrected chi connectivity index (χ0v) is 17.7. The van der Waals surface area contributed by atoms with E-state index in [-0.39, 0.29) is 6.23 Å². The van der Waals surface area contributed by atoms with Crippen molar-refractivity contribution in [2.24, 2.45) is 0 Å². The molecule has 0 fully saturated rings. The first-order valence-corrected chi connectivity index (χ1v) is 9.34. The van der Waals surface area contributed by atoms with Gasteiger partial charge in [0, 0.05) is 18.4 Å². The van der Waals surface area contributed by atoms with Crippen LogP contribution < -0.4 is 14.4 Å². The summed E-state index contributed by atoms with van der Waals surface area (Å²) < 4.78 is 16.8. The van der Waals surface area contributed by atoms with E-state index in [0.717, 1.165) is 45.0 Å². The second-order valence-corrected chi connectivity index (χ2v) is 7.07. The van der Waals surface area contributed by atoms with E-state index in [1.165, 1.54) is 5.57 Å². The van der Waals surface area contributed by atoms with Crippen LogP contribution in [0.4, 0.5) is 5.69 Å². The third-order valence-electron chi connectivity index (χ3n) is 5.32. The van der Waals surface area contributed by atoms with E-state index in [4.69, 9.17) is 14.2 Å². The number of allylic oxidation sites excluding steroid dienone is 2. The summed E-state index contributed by atoms with van der Waals surface area (Å²) >= 11 is 0. The molecule has 1 unspecified atom stereocenters. The summed E-state index contributed by atoms with van der Waals surface area (Å²) in [5, 5.41) is 0. The fraction of sp³-hybridized carbons (Fsp3) is 0.333. The Hall–Kier alpha value is -2.72. The first kappa shape index (κ1) is 20.0. The molecule has 2 aromatic rings. The van der Waals surface area contributed by atoms with Crippen molar-refractivity contribution in [1.29, 1.82) is 0 Å². The lowest BCUT2D eigenvalue weighted by molar-refractivity contribution is 0.149. The SMILES string of the molecule is COc1ccc(C2=C(C)C(C)=[C]N(c3ccc(OC)c(C)c3)C2OC)cc1C. The summed E-state index contributed by atoms with van der Waals surface area (Å²) in [6.45, 7) is 8.31. The highest BCUT2D eigenvalue weighted by atomic mass is 16.5. The Kier molecular flexibility index (Phi) is 5.80. The van der Waals surface area contributed by atoms with E-state index < -0.39 is 0 Å². The molecule has 0 N–H and O–H groups in total. The first-order chi connectivity index (χ1) is 13.4. The largest absolute Gasteiger partial charge is 0.496 e. The Labute approximate surface area is 168 Å². The average molecular weight is 378 g/mol. The molecule has 1 heterocycles. The molecule has 2 aromatic carbocycles. The van der Waals surface area contributed by atoms with Gasteiger partial charge in [0.15, 0.2) is 6.23 Å². The number of hydrogen-bond donors (Lipinski definition) is 0. The summed E-state index contributed by atoms with van der Waals surface area (Å²) in [6.07, 6.45) is 3.21. The predicted octanol–water partition coefficient (Wildman–Crippen LogP) is 5.29. The standard InChI is InChI=1S/C24H28NO3/c1-15-12-19(8-10-21(15)26-5)23-18(4)17(3)14-25(24(23)28-7)20-9-11-22(27-6)16(2)13-20/h8-13,24H,1-7H3. The molecule has 0 amide bonds. The second kappa shape index (κ2) is 8.11. The normalized spacial score (nSPS) is 16.9. The smallest absolute Gasteiger partial charge is 0.161 e. The number of ether oxygens (including phenoxy) is 3. The minimum Gasteiger partial charge on any atom is -0.496 e. The number of hydrogen-bond acceptors (Lipinski definition) is 4. The molecule has 4 nitrogen and oxygen atoms in total. The molecule has 0 saturated carbocycles. The summed E-state index contributed by atoms with van der Waals surface area (Å²) in [5.74, 6) is 1.75. The van der Waals surface area contributed by atoms with Crippen LogP contribution in [0.2, 0.25) is 0 Å². The molecule has 28 heavy (non-hydrogen) atoms. The highest BCUT2D eigenvalue weighted by Crippen LogP contribution is 2.38. The van der Waals surface area contributed by atoms with Crippen molar-refractivity contribution in [3.63, 3.8) is 0 Å². The van der Waals surface area contributed by atoms with Crippen LogP contribution in [-0.2, 0) is 4.74 Å². The van der Waals surface area contributed by atoms with Gasteiger partial charge < -0.3 is 19.1 Å². The van der Waals surface area contributed by atoms with Crippen LogP contribution in [0.3, 0.4) is 0 Å². The van der Waals surface area contributed by atoms with Crippen LogP contribution in [0.5, 0.6) is 11.5 Å². The maximum Gasteiger partial charge on any atom is 0.161 e. The van der Waals surface area contributed by atoms with Gasteiger partial charge in [0.1, 0.15) is 11.5 Å². The van der Waals surface area contributed by atoms with Crippen molar-refractivity contribution < 1.29 is 14.2 Å². The third-order valence-corrected chi connectivity index (χ3v) is 5.32. The van der Waals surface area contributed by atoms with Gasteiger partial charge in [0.2, 0.25) is 0 Å². The van der Waals surface area contributed by atoms with Gasteiger partial charge in [0.25, 0.3) is 0 Å². The van der Waals surface area contributed by atoms with E-state index in [1.54, 1.807) is 21.3 Å². The molecular weight excluding hydrogens is 350 g/mol. The van der Waals surface area contributed by atoms with Gasteiger partial charge in [-0.05, 0) is 85.9 Å². The molecule has 0 saturated heterocycles. The summed E-state index contributed by atoms with van der Waals surface area (Å²) in [5.41, 5.74) is 7.71. The Morgan fingerprint density at radius 1 is 0.821 bits per heavy atom. The Morgan fingerprint density at radius 3 is 1.96 bits per heavy atom. The van der Waals surface area contributed by atoms with E-state index >= 15 is 0 Å². The first-order valence-electron chi connectivity index (χ1n) is 9.34. The van der Waals surface area contributed by atoms with Crippen LogP contribution in [0, 0.1) is 20.0 Å². The Bertz CT molecular complexity index is 943. The number of anilines is 1. The van der Waals surface area contributed by atoms with Gasteiger partial charge in [0.05, 0.1) is 20.4 Å². The molecule has 1 aliphatic rings. The fourth-order valence-electron chi connectivity index (χ4n) is 3.68. The van der Waals surface area contributed by atoms with Crippen molar-refractivity contribution in [3.05, 3.63) is 70.4 Å². The lowest BCUT2D eigenvalue weighted by atomic mass is 9.91. The van der Waals surface area contributed by atoms with Gasteiger partial charge >= 0.3 is 0 Å². The monoisotopic (exact) mass is 378 g/mol. The zero-order chi connectivity index (χ0) is 20.4. The van der Waals surface area contributed by atoms with Crippen LogP contribution >= 0.6 is 0 Å². The van der Waals surface area contributed by atoms with Crippen molar-refractivity contribution in [1.82, 2.24) is 0 Å². The molecule has 3 rings (SSSR count). The van der Waals surface area contributed by atoms with Gasteiger partial charge in [-0.2, -0.15) is 0 Å². The quantitative estimate of drug-likeness (QED) is 0.707. The maximum absolute atomic E-state index is 5.97. The van der Waals surface area contributed by atoms with Crippen LogP contribution in [0.1, 0.15) is 30.5 Å². The molecule has 1 atom stereocenters. The van der Waals surface area contributed by atoms with E-state index in [0.29, 0.717) is 0 Å². The van der Waals surface area contributed by atoms with E-state index in [1.807, 2.05) is 25.1 Å². The predicted molar refractivity (Wildman–Crippen MR) is 114 cm³/mol. The molecule has 1 radical (unpaired) electrons. The number of rotatable bonds is 5. The fourth-order valence-corrected chi connectivity index (χ4v) is 3.68. The highest BCUT2D eigenvalue weighted by Gasteiger charge is 2.30. The summed E-state index contributed by atoms with van der Waals surface area (Å²) in [6, 6.07) is 12.4. The van der Waals surface area contributed by atoms with Gasteiger partial charge in [-0.15, -0.1) is 0 Å². The number of benzene rings is 2. The van der Waals surface area contributed by atoms with Crippen molar-refractivity contribution in [3.8, 4) is 11.5 Å². The molecule has 4 heteroatoms. The molecule has 147 valence electrons. The molecule has 0 aliphatic carbocycles. The molecule has 0 aromatic heterocycles. The minimum absolute atomic E-state index is 0.274. The average Bonchev–Trinajstić information content (AvgIpc) is 2.69. The lowest BCUT2D eigenvalue weighted by Crippen LogP contribution is -2.37. The van der Waals surface area contributed by atoms with Crippen LogP contribution in [0.15, 0.2) is 47.5 Å². The summed E-state index contributed by atoms with van der Waals surface area (Å²) in [4.78, 5) is 2.06. The van der Waals surface area contributed by atoms with Gasteiger partial charge in [-0.1, -0.05) is 6.07 Å². The Morgan fingerprint density at radius 2 is 1.43 bits per heavy atom. The Balaban J connectivity index is 2.10. The van der Waals surface area contributed by atoms with Gasteiger partial charge in [-0.3, -0.25) is 0 Å². The van der Waals surface area contributed by atoms with Gasteiger partial charge in [-0.25, -0.2) is 0 Å². The maximum atomic E-state index is 5.97. The molecule has 0 bridgehead atoms. The number of aryl methyl sites for hydroxylation is 2. The number of methoxy groups -OCH3 is 3. The van der Waals surface area contributed by atoms with Crippen molar-refractivity contribution in [2.45, 2.75) is 33.9 Å². The third kappa shape index (κ3) is 3.52. The van der Waals surface area contributed by atoms with Crippen molar-refractivity contribution >= 4 is 11.3 Å². The van der Waals surface area contributed by atoms with E-state index in [9.17, 15) is 0 Å². The summed E-state index contributed by atoms with van der Waals surface area (Å²) in [7, 11) is 5.12. The minimum atomic E-state index is -0.274. The topological polar surface area (TPSA) is 30.9 Å². The van der Waals surface area contributed by atoms with Crippen LogP contribution in [-0.4, -0.2) is 27.6 Å². The molecule has 1 aliphatic heterocycles.